The predicted molar refractivity (Wildman–Crippen MR) is 194 cm³/mol. The second-order valence-corrected chi connectivity index (χ2v) is 11.7. The number of aliphatic carboxylic acids is 2. The number of aromatic carboxylic acids is 1. The van der Waals surface area contributed by atoms with Crippen LogP contribution in [-0.2, 0) is 66.3 Å². The summed E-state index contributed by atoms with van der Waals surface area (Å²) >= 11 is 0. The lowest BCUT2D eigenvalue weighted by atomic mass is 10.1. The van der Waals surface area contributed by atoms with Crippen molar-refractivity contribution in [2.75, 3.05) is 39.6 Å². The van der Waals surface area contributed by atoms with E-state index in [2.05, 4.69) is 54.5 Å². The Balaban J connectivity index is -0.000000672. The molecule has 0 radical (unpaired) electrons. The van der Waals surface area contributed by atoms with E-state index < -0.39 is 55.6 Å². The minimum absolute atomic E-state index is 0.0650. The number of rotatable bonds is 21. The number of allylic oxidation sites excluding steroid dienone is 1. The lowest BCUT2D eigenvalue weighted by Crippen LogP contribution is -2.14. The summed E-state index contributed by atoms with van der Waals surface area (Å²) in [6.07, 6.45) is 0.0659. The molecule has 56 heavy (non-hydrogen) atoms. The molecule has 1 aromatic carbocycles. The minimum Gasteiger partial charge on any atom is -0.481 e. The Hall–Kier alpha value is -5.95. The molecule has 0 aliphatic rings. The molecule has 0 aliphatic heterocycles. The number of hydrogen-bond donors (Lipinski definition) is 5. The standard InChI is InChI=1S/C10H14O6.C10H10O2.C9H12O6.C6H11O6P/c1-7(2)10(14)16-6-5-15-9(13)4-3-8(11)12;1-7(2)8-3-5-9(6-4-8)10(11)12;1-2-8(12)14-5-6-15-9(13)4-3-7(10)11;1-5(2)6(7)11-3-4-12-13(8,9)10/h1,3-6H2,2H3,(H,11,12);3-6H,1H2,2H3,(H,11,12);2H,1,3-6H2,(H,10,11);1,3-4H2,2H3,(H2,8,9,10). The summed E-state index contributed by atoms with van der Waals surface area (Å²) in [5.74, 6) is -6.06. The molecule has 0 bridgehead atoms. The van der Waals surface area contributed by atoms with Crippen molar-refractivity contribution in [3.8, 4) is 0 Å². The first-order valence-corrected chi connectivity index (χ1v) is 17.3. The largest absolute Gasteiger partial charge is 0.481 e. The topological polar surface area (TPSA) is 310 Å². The van der Waals surface area contributed by atoms with Crippen molar-refractivity contribution in [2.24, 2.45) is 0 Å². The maximum absolute atomic E-state index is 10.9. The van der Waals surface area contributed by atoms with E-state index in [1.165, 1.54) is 13.8 Å². The van der Waals surface area contributed by atoms with Crippen LogP contribution in [0, 0.1) is 0 Å². The third-order valence-corrected chi connectivity index (χ3v) is 5.84. The maximum atomic E-state index is 10.9. The third-order valence-electron chi connectivity index (χ3n) is 5.32. The molecule has 0 spiro atoms. The number of phosphoric ester groups is 1. The highest BCUT2D eigenvalue weighted by Crippen LogP contribution is 2.35. The number of benzene rings is 1. The molecular formula is C35H47O20P. The van der Waals surface area contributed by atoms with Gasteiger partial charge in [0.25, 0.3) is 0 Å². The summed E-state index contributed by atoms with van der Waals surface area (Å²) in [6, 6.07) is 6.66. The van der Waals surface area contributed by atoms with E-state index in [0.29, 0.717) is 5.56 Å². The van der Waals surface area contributed by atoms with Gasteiger partial charge < -0.3 is 48.8 Å². The number of carbonyl (C=O) groups is 8. The van der Waals surface area contributed by atoms with Crippen LogP contribution in [0.5, 0.6) is 0 Å². The first-order valence-electron chi connectivity index (χ1n) is 15.8. The van der Waals surface area contributed by atoms with Gasteiger partial charge in [-0.05, 0) is 38.5 Å². The first-order chi connectivity index (χ1) is 25.9. The molecule has 0 fully saturated rings. The number of carbonyl (C=O) groups excluding carboxylic acids is 5. The van der Waals surface area contributed by atoms with E-state index in [4.69, 9.17) is 25.1 Å². The number of hydrogen-bond acceptors (Lipinski definition) is 15. The van der Waals surface area contributed by atoms with E-state index in [1.54, 1.807) is 24.3 Å². The average molecular weight is 819 g/mol. The number of esters is 5. The predicted octanol–water partition coefficient (Wildman–Crippen LogP) is 3.27. The Morgan fingerprint density at radius 2 is 0.946 bits per heavy atom. The zero-order valence-electron chi connectivity index (χ0n) is 31.1. The number of carboxylic acids is 3. The fraction of sp³-hybridized carbons (Fsp3) is 0.371. The molecule has 0 atom stereocenters. The molecule has 0 saturated carbocycles. The van der Waals surface area contributed by atoms with Gasteiger partial charge in [-0.2, -0.15) is 0 Å². The summed E-state index contributed by atoms with van der Waals surface area (Å²) in [5.41, 5.74) is 2.69. The average Bonchev–Trinajstić information content (AvgIpc) is 3.11. The van der Waals surface area contributed by atoms with Crippen molar-refractivity contribution in [1.82, 2.24) is 0 Å². The van der Waals surface area contributed by atoms with Crippen molar-refractivity contribution in [1.29, 1.82) is 0 Å². The Labute approximate surface area is 322 Å². The van der Waals surface area contributed by atoms with Crippen LogP contribution in [0.3, 0.4) is 0 Å². The number of ether oxygens (including phenoxy) is 5. The lowest BCUT2D eigenvalue weighted by Gasteiger charge is -2.05. The van der Waals surface area contributed by atoms with Crippen molar-refractivity contribution >= 4 is 61.2 Å². The Morgan fingerprint density at radius 3 is 1.27 bits per heavy atom. The van der Waals surface area contributed by atoms with E-state index in [9.17, 15) is 42.9 Å². The second kappa shape index (κ2) is 31.4. The molecule has 0 heterocycles. The van der Waals surface area contributed by atoms with Gasteiger partial charge in [-0.15, -0.1) is 0 Å². The number of carboxylic acid groups (broad SMARTS) is 3. The van der Waals surface area contributed by atoms with E-state index in [-0.39, 0.29) is 76.5 Å². The summed E-state index contributed by atoms with van der Waals surface area (Å²) in [5, 5.41) is 25.1. The van der Waals surface area contributed by atoms with Gasteiger partial charge in [0.1, 0.15) is 33.0 Å². The molecule has 0 unspecified atom stereocenters. The summed E-state index contributed by atoms with van der Waals surface area (Å²) in [4.78, 5) is 101. The Bertz CT molecular complexity index is 1540. The van der Waals surface area contributed by atoms with Crippen molar-refractivity contribution in [3.63, 3.8) is 0 Å². The smallest absolute Gasteiger partial charge is 0.469 e. The maximum Gasteiger partial charge on any atom is 0.469 e. The molecule has 5 N–H and O–H groups in total. The van der Waals surface area contributed by atoms with Gasteiger partial charge in [-0.3, -0.25) is 23.7 Å². The van der Waals surface area contributed by atoms with Crippen molar-refractivity contribution < 1.29 is 96.2 Å². The second-order valence-electron chi connectivity index (χ2n) is 10.4. The van der Waals surface area contributed by atoms with Crippen molar-refractivity contribution in [3.05, 3.63) is 78.9 Å². The van der Waals surface area contributed by atoms with E-state index in [1.807, 2.05) is 6.92 Å². The fourth-order valence-electron chi connectivity index (χ4n) is 2.64. The zero-order chi connectivity index (χ0) is 43.9. The van der Waals surface area contributed by atoms with Gasteiger partial charge in [0.05, 0.1) is 37.9 Å². The molecule has 0 amide bonds. The van der Waals surface area contributed by atoms with Crippen LogP contribution in [0.4, 0.5) is 0 Å². The van der Waals surface area contributed by atoms with Crippen LogP contribution >= 0.6 is 7.82 Å². The van der Waals surface area contributed by atoms with Gasteiger partial charge in [0.2, 0.25) is 0 Å². The quantitative estimate of drug-likeness (QED) is 0.0391. The molecule has 312 valence electrons. The molecule has 1 aromatic rings. The lowest BCUT2D eigenvalue weighted by molar-refractivity contribution is -0.151. The van der Waals surface area contributed by atoms with Crippen LogP contribution in [0.2, 0.25) is 0 Å². The van der Waals surface area contributed by atoms with E-state index in [0.717, 1.165) is 17.2 Å². The molecule has 21 heteroatoms. The first kappa shape index (κ1) is 54.4. The minimum atomic E-state index is -4.46. The fourth-order valence-corrected chi connectivity index (χ4v) is 2.96. The van der Waals surface area contributed by atoms with Crippen LogP contribution in [0.15, 0.2) is 67.8 Å². The highest BCUT2D eigenvalue weighted by molar-refractivity contribution is 7.46. The molecule has 0 aromatic heterocycles. The zero-order valence-corrected chi connectivity index (χ0v) is 32.0. The SMILES string of the molecule is C=C(C)C(=O)OCCOC(=O)CCC(=O)O.C=C(C)C(=O)OCCOP(=O)(O)O.C=C(C)c1ccc(C(=O)O)cc1.C=CC(=O)OCCOC(=O)CCC(=O)O. The van der Waals surface area contributed by atoms with Crippen LogP contribution in [0.25, 0.3) is 5.57 Å². The van der Waals surface area contributed by atoms with Crippen molar-refractivity contribution in [2.45, 2.75) is 46.5 Å². The normalized spacial score (nSPS) is 9.66. The van der Waals surface area contributed by atoms with E-state index >= 15 is 0 Å². The summed E-state index contributed by atoms with van der Waals surface area (Å²) in [6.45, 7) is 17.6. The molecule has 20 nitrogen and oxygen atoms in total. The Kier molecular flexibility index (Phi) is 30.5. The summed E-state index contributed by atoms with van der Waals surface area (Å²) < 4.78 is 37.0. The highest BCUT2D eigenvalue weighted by atomic mass is 31.2. The number of phosphoric acid groups is 1. The molecule has 0 aliphatic carbocycles. The molecular weight excluding hydrogens is 771 g/mol. The monoisotopic (exact) mass is 818 g/mol. The van der Waals surface area contributed by atoms with Gasteiger partial charge >= 0.3 is 55.6 Å². The third kappa shape index (κ3) is 36.4. The summed E-state index contributed by atoms with van der Waals surface area (Å²) in [7, 11) is -4.46. The van der Waals surface area contributed by atoms with Crippen LogP contribution < -0.4 is 0 Å². The van der Waals surface area contributed by atoms with Gasteiger partial charge in [-0.1, -0.05) is 44.0 Å². The highest BCUT2D eigenvalue weighted by Gasteiger charge is 2.14. The van der Waals surface area contributed by atoms with Gasteiger partial charge in [-0.25, -0.2) is 23.7 Å². The molecule has 1 rings (SSSR count). The Morgan fingerprint density at radius 1 is 0.589 bits per heavy atom. The van der Waals surface area contributed by atoms with Crippen LogP contribution in [0.1, 0.15) is 62.4 Å². The van der Waals surface area contributed by atoms with Gasteiger partial charge in [0, 0.05) is 17.2 Å². The van der Waals surface area contributed by atoms with Crippen LogP contribution in [-0.4, -0.2) is 113 Å². The molecule has 0 saturated heterocycles. The van der Waals surface area contributed by atoms with Gasteiger partial charge in [0.15, 0.2) is 0 Å².